The Bertz CT molecular complexity index is 285. The fraction of sp³-hybridized carbons (Fsp3) is 0.571. The van der Waals surface area contributed by atoms with Crippen molar-refractivity contribution in [1.29, 1.82) is 0 Å². The largest absolute Gasteiger partial charge is 0.329 e. The van der Waals surface area contributed by atoms with Gasteiger partial charge in [0.25, 0.3) is 0 Å². The number of nitrogens with zero attached hydrogens (tertiary/aromatic N) is 2. The van der Waals surface area contributed by atoms with Crippen LogP contribution in [0.2, 0.25) is 0 Å². The third-order valence-electron chi connectivity index (χ3n) is 2.77. The molecule has 0 aromatic heterocycles. The first kappa shape index (κ1) is 14.2. The molecule has 3 nitrogen and oxygen atoms in total. The summed E-state index contributed by atoms with van der Waals surface area (Å²) in [5, 5.41) is 0. The molecular weight excluding hydrogens is 210 g/mol. The average Bonchev–Trinajstić information content (AvgIpc) is 2.30. The lowest BCUT2D eigenvalue weighted by atomic mass is 10.2. The van der Waals surface area contributed by atoms with Crippen LogP contribution in [0.5, 0.6) is 0 Å². The van der Waals surface area contributed by atoms with Crippen molar-refractivity contribution < 1.29 is 0 Å². The van der Waals surface area contributed by atoms with Gasteiger partial charge in [-0.3, -0.25) is 4.90 Å². The molecule has 96 valence electrons. The third-order valence-corrected chi connectivity index (χ3v) is 2.77. The second kappa shape index (κ2) is 8.23. The molecule has 0 radical (unpaired) electrons. The SMILES string of the molecule is CN(C)CCCN(CCN)Cc1ccccc1. The van der Waals surface area contributed by atoms with Gasteiger partial charge in [0.05, 0.1) is 0 Å². The lowest BCUT2D eigenvalue weighted by molar-refractivity contribution is 0.253. The normalized spacial score (nSPS) is 11.4. The van der Waals surface area contributed by atoms with Gasteiger partial charge in [-0.2, -0.15) is 0 Å². The quantitative estimate of drug-likeness (QED) is 0.739. The fourth-order valence-electron chi connectivity index (χ4n) is 1.90. The van der Waals surface area contributed by atoms with Crippen LogP contribution in [0.1, 0.15) is 12.0 Å². The molecule has 0 fully saturated rings. The third kappa shape index (κ3) is 6.41. The molecule has 0 aliphatic carbocycles. The smallest absolute Gasteiger partial charge is 0.0234 e. The van der Waals surface area contributed by atoms with Crippen LogP contribution in [-0.2, 0) is 6.54 Å². The van der Waals surface area contributed by atoms with Crippen molar-refractivity contribution in [2.24, 2.45) is 5.73 Å². The summed E-state index contributed by atoms with van der Waals surface area (Å²) in [6.45, 7) is 4.96. The Hall–Kier alpha value is -0.900. The second-order valence-electron chi connectivity index (χ2n) is 4.71. The Morgan fingerprint density at radius 1 is 1.00 bits per heavy atom. The molecule has 0 heterocycles. The molecule has 0 amide bonds. The van der Waals surface area contributed by atoms with Crippen molar-refractivity contribution in [3.05, 3.63) is 35.9 Å². The Morgan fingerprint density at radius 3 is 2.29 bits per heavy atom. The number of nitrogens with two attached hydrogens (primary N) is 1. The van der Waals surface area contributed by atoms with Gasteiger partial charge in [0.1, 0.15) is 0 Å². The Labute approximate surface area is 105 Å². The summed E-state index contributed by atoms with van der Waals surface area (Å²) in [6, 6.07) is 10.6. The van der Waals surface area contributed by atoms with E-state index in [1.54, 1.807) is 0 Å². The first-order valence-corrected chi connectivity index (χ1v) is 6.33. The molecule has 0 saturated heterocycles. The molecular formula is C14H25N3. The van der Waals surface area contributed by atoms with E-state index in [0.717, 1.165) is 32.7 Å². The molecule has 1 aromatic carbocycles. The zero-order chi connectivity index (χ0) is 12.5. The Morgan fingerprint density at radius 2 is 1.71 bits per heavy atom. The minimum absolute atomic E-state index is 0.731. The fourth-order valence-corrected chi connectivity index (χ4v) is 1.90. The zero-order valence-corrected chi connectivity index (χ0v) is 11.1. The van der Waals surface area contributed by atoms with E-state index in [2.05, 4.69) is 54.2 Å². The maximum atomic E-state index is 5.66. The van der Waals surface area contributed by atoms with Crippen molar-refractivity contribution in [2.45, 2.75) is 13.0 Å². The van der Waals surface area contributed by atoms with Gasteiger partial charge in [-0.15, -0.1) is 0 Å². The van der Waals surface area contributed by atoms with Gasteiger partial charge in [0.15, 0.2) is 0 Å². The summed E-state index contributed by atoms with van der Waals surface area (Å²) in [5.74, 6) is 0. The standard InChI is InChI=1S/C14H25N3/c1-16(2)10-6-11-17(12-9-15)13-14-7-4-3-5-8-14/h3-5,7-8H,6,9-13,15H2,1-2H3. The molecule has 17 heavy (non-hydrogen) atoms. The average molecular weight is 235 g/mol. The number of hydrogen-bond donors (Lipinski definition) is 1. The Balaban J connectivity index is 2.37. The lowest BCUT2D eigenvalue weighted by Crippen LogP contribution is -2.31. The predicted octanol–water partition coefficient (Wildman–Crippen LogP) is 1.40. The minimum atomic E-state index is 0.731. The highest BCUT2D eigenvalue weighted by molar-refractivity contribution is 5.14. The molecule has 0 atom stereocenters. The summed E-state index contributed by atoms with van der Waals surface area (Å²) in [5.41, 5.74) is 7.03. The molecule has 0 unspecified atom stereocenters. The van der Waals surface area contributed by atoms with E-state index in [-0.39, 0.29) is 0 Å². The van der Waals surface area contributed by atoms with E-state index in [1.807, 2.05) is 0 Å². The number of hydrogen-bond acceptors (Lipinski definition) is 3. The van der Waals surface area contributed by atoms with E-state index >= 15 is 0 Å². The molecule has 0 aliphatic heterocycles. The zero-order valence-electron chi connectivity index (χ0n) is 11.1. The first-order valence-electron chi connectivity index (χ1n) is 6.33. The van der Waals surface area contributed by atoms with Crippen LogP contribution in [0.25, 0.3) is 0 Å². The van der Waals surface area contributed by atoms with Crippen LogP contribution in [0.4, 0.5) is 0 Å². The molecule has 1 aromatic rings. The van der Waals surface area contributed by atoms with Crippen LogP contribution in [0.15, 0.2) is 30.3 Å². The van der Waals surface area contributed by atoms with Crippen LogP contribution < -0.4 is 5.73 Å². The minimum Gasteiger partial charge on any atom is -0.329 e. The highest BCUT2D eigenvalue weighted by Crippen LogP contribution is 2.04. The van der Waals surface area contributed by atoms with Gasteiger partial charge >= 0.3 is 0 Å². The van der Waals surface area contributed by atoms with E-state index in [9.17, 15) is 0 Å². The molecule has 1 rings (SSSR count). The highest BCUT2D eigenvalue weighted by Gasteiger charge is 2.04. The Kier molecular flexibility index (Phi) is 6.86. The monoisotopic (exact) mass is 235 g/mol. The summed E-state index contributed by atoms with van der Waals surface area (Å²) in [7, 11) is 4.23. The highest BCUT2D eigenvalue weighted by atomic mass is 15.1. The maximum Gasteiger partial charge on any atom is 0.0234 e. The van der Waals surface area contributed by atoms with Gasteiger partial charge in [0, 0.05) is 19.6 Å². The van der Waals surface area contributed by atoms with E-state index in [1.165, 1.54) is 12.0 Å². The molecule has 0 aliphatic rings. The van der Waals surface area contributed by atoms with E-state index in [0.29, 0.717) is 0 Å². The van der Waals surface area contributed by atoms with Crippen molar-refractivity contribution in [3.8, 4) is 0 Å². The van der Waals surface area contributed by atoms with Crippen LogP contribution in [-0.4, -0.2) is 50.1 Å². The summed E-state index contributed by atoms with van der Waals surface area (Å²) < 4.78 is 0. The molecule has 3 heteroatoms. The number of benzene rings is 1. The van der Waals surface area contributed by atoms with Crippen molar-refractivity contribution in [1.82, 2.24) is 9.80 Å². The molecule has 2 N–H and O–H groups in total. The van der Waals surface area contributed by atoms with Crippen LogP contribution in [0, 0.1) is 0 Å². The first-order chi connectivity index (χ1) is 8.22. The van der Waals surface area contributed by atoms with E-state index < -0.39 is 0 Å². The predicted molar refractivity (Wildman–Crippen MR) is 73.9 cm³/mol. The van der Waals surface area contributed by atoms with Gasteiger partial charge in [0.2, 0.25) is 0 Å². The van der Waals surface area contributed by atoms with E-state index in [4.69, 9.17) is 5.73 Å². The van der Waals surface area contributed by atoms with Crippen molar-refractivity contribution >= 4 is 0 Å². The summed E-state index contributed by atoms with van der Waals surface area (Å²) in [4.78, 5) is 4.65. The van der Waals surface area contributed by atoms with Gasteiger partial charge in [-0.25, -0.2) is 0 Å². The van der Waals surface area contributed by atoms with Crippen molar-refractivity contribution in [3.63, 3.8) is 0 Å². The molecule has 0 bridgehead atoms. The number of rotatable bonds is 8. The van der Waals surface area contributed by atoms with Gasteiger partial charge in [-0.05, 0) is 39.2 Å². The second-order valence-corrected chi connectivity index (χ2v) is 4.71. The van der Waals surface area contributed by atoms with Crippen LogP contribution in [0.3, 0.4) is 0 Å². The molecule has 0 saturated carbocycles. The van der Waals surface area contributed by atoms with Crippen molar-refractivity contribution in [2.75, 3.05) is 40.3 Å². The topological polar surface area (TPSA) is 32.5 Å². The van der Waals surface area contributed by atoms with Crippen LogP contribution >= 0.6 is 0 Å². The summed E-state index contributed by atoms with van der Waals surface area (Å²) >= 11 is 0. The molecule has 0 spiro atoms. The lowest BCUT2D eigenvalue weighted by Gasteiger charge is -2.22. The van der Waals surface area contributed by atoms with Gasteiger partial charge in [-0.1, -0.05) is 30.3 Å². The van der Waals surface area contributed by atoms with Gasteiger partial charge < -0.3 is 10.6 Å². The summed E-state index contributed by atoms with van der Waals surface area (Å²) in [6.07, 6.45) is 1.19. The maximum absolute atomic E-state index is 5.66.